The highest BCUT2D eigenvalue weighted by atomic mass is 32.1. The quantitative estimate of drug-likeness (QED) is 0.927. The van der Waals surface area contributed by atoms with Crippen molar-refractivity contribution in [3.8, 4) is 0 Å². The predicted octanol–water partition coefficient (Wildman–Crippen LogP) is 2.75. The first-order valence-corrected chi connectivity index (χ1v) is 8.67. The molecule has 1 saturated heterocycles. The maximum Gasteiger partial charge on any atom is 0.185 e. The first-order valence-electron chi connectivity index (χ1n) is 7.85. The maximum atomic E-state index is 5.80. The smallest absolute Gasteiger partial charge is 0.185 e. The van der Waals surface area contributed by atoms with Crippen LogP contribution < -0.4 is 10.2 Å². The van der Waals surface area contributed by atoms with Crippen molar-refractivity contribution in [2.75, 3.05) is 31.6 Å². The minimum absolute atomic E-state index is 0.384. The molecule has 2 atom stereocenters. The zero-order valence-electron chi connectivity index (χ0n) is 12.5. The summed E-state index contributed by atoms with van der Waals surface area (Å²) in [5.74, 6) is 0. The van der Waals surface area contributed by atoms with Crippen LogP contribution in [0.3, 0.4) is 0 Å². The van der Waals surface area contributed by atoms with Crippen LogP contribution in [-0.4, -0.2) is 37.8 Å². The number of aromatic nitrogens is 1. The van der Waals surface area contributed by atoms with Gasteiger partial charge in [-0.05, 0) is 46.1 Å². The van der Waals surface area contributed by atoms with Gasteiger partial charge < -0.3 is 15.0 Å². The van der Waals surface area contributed by atoms with Gasteiger partial charge in [0.1, 0.15) is 0 Å². The van der Waals surface area contributed by atoms with Crippen molar-refractivity contribution in [1.82, 2.24) is 10.3 Å². The van der Waals surface area contributed by atoms with Gasteiger partial charge in [-0.15, -0.1) is 0 Å². The van der Waals surface area contributed by atoms with Crippen LogP contribution in [-0.2, 0) is 11.2 Å². The summed E-state index contributed by atoms with van der Waals surface area (Å²) in [4.78, 5) is 8.81. The second-order valence-electron chi connectivity index (χ2n) is 5.71. The lowest BCUT2D eigenvalue weighted by atomic mass is 9.98. The Kier molecular flexibility index (Phi) is 4.58. The Morgan fingerprint density at radius 1 is 1.40 bits per heavy atom. The molecule has 2 unspecified atom stereocenters. The molecule has 20 heavy (non-hydrogen) atoms. The average molecular weight is 295 g/mol. The van der Waals surface area contributed by atoms with Gasteiger partial charge in [0.05, 0.1) is 11.8 Å². The third-order valence-electron chi connectivity index (χ3n) is 4.34. The molecular weight excluding hydrogens is 270 g/mol. The van der Waals surface area contributed by atoms with Crippen LogP contribution in [0.2, 0.25) is 0 Å². The molecule has 1 aromatic heterocycles. The SMILES string of the molecule is CCOC1CCCN(c2nc3c(s2)C(NC)CCC3)C1. The molecule has 0 aromatic carbocycles. The molecule has 1 aromatic rings. The van der Waals surface area contributed by atoms with Gasteiger partial charge in [0.2, 0.25) is 0 Å². The fourth-order valence-electron chi connectivity index (χ4n) is 3.30. The van der Waals surface area contributed by atoms with Crippen molar-refractivity contribution in [2.24, 2.45) is 0 Å². The molecule has 5 heteroatoms. The van der Waals surface area contributed by atoms with Crippen molar-refractivity contribution < 1.29 is 4.74 Å². The van der Waals surface area contributed by atoms with Crippen LogP contribution in [0.5, 0.6) is 0 Å². The predicted molar refractivity (Wildman–Crippen MR) is 83.7 cm³/mol. The molecule has 1 aliphatic heterocycles. The summed E-state index contributed by atoms with van der Waals surface area (Å²) in [7, 11) is 2.06. The van der Waals surface area contributed by atoms with Gasteiger partial charge in [0, 0.05) is 30.6 Å². The second-order valence-corrected chi connectivity index (χ2v) is 6.72. The number of nitrogens with zero attached hydrogens (tertiary/aromatic N) is 2. The number of fused-ring (bicyclic) bond motifs is 1. The van der Waals surface area contributed by atoms with Gasteiger partial charge in [0.15, 0.2) is 5.13 Å². The minimum atomic E-state index is 0.384. The summed E-state index contributed by atoms with van der Waals surface area (Å²) >= 11 is 1.89. The van der Waals surface area contributed by atoms with Crippen LogP contribution in [0.4, 0.5) is 5.13 Å². The van der Waals surface area contributed by atoms with Gasteiger partial charge in [-0.25, -0.2) is 4.98 Å². The highest BCUT2D eigenvalue weighted by molar-refractivity contribution is 7.15. The largest absolute Gasteiger partial charge is 0.377 e. The molecule has 3 rings (SSSR count). The second kappa shape index (κ2) is 6.41. The van der Waals surface area contributed by atoms with Crippen molar-refractivity contribution in [3.63, 3.8) is 0 Å². The number of rotatable bonds is 4. The molecule has 0 spiro atoms. The van der Waals surface area contributed by atoms with Crippen molar-refractivity contribution in [1.29, 1.82) is 0 Å². The van der Waals surface area contributed by atoms with Crippen LogP contribution in [0.15, 0.2) is 0 Å². The molecule has 4 nitrogen and oxygen atoms in total. The molecule has 0 amide bonds. The van der Waals surface area contributed by atoms with Crippen LogP contribution in [0, 0.1) is 0 Å². The molecule has 2 heterocycles. The Balaban J connectivity index is 1.75. The Hall–Kier alpha value is -0.650. The number of hydrogen-bond donors (Lipinski definition) is 1. The molecule has 2 aliphatic rings. The summed E-state index contributed by atoms with van der Waals surface area (Å²) in [6.45, 7) is 5.03. The van der Waals surface area contributed by atoms with E-state index in [1.807, 2.05) is 11.3 Å². The Morgan fingerprint density at radius 2 is 2.30 bits per heavy atom. The highest BCUT2D eigenvalue weighted by Crippen LogP contribution is 2.38. The Bertz CT molecular complexity index is 446. The standard InChI is InChI=1S/C15H25N3OS/c1-3-19-11-6-5-9-18(10-11)15-17-13-8-4-7-12(16-2)14(13)20-15/h11-12,16H,3-10H2,1-2H3. The van der Waals surface area contributed by atoms with Crippen molar-refractivity contribution in [3.05, 3.63) is 10.6 Å². The van der Waals surface area contributed by atoms with Gasteiger partial charge in [-0.3, -0.25) is 0 Å². The molecule has 1 aliphatic carbocycles. The van der Waals surface area contributed by atoms with E-state index < -0.39 is 0 Å². The fourth-order valence-corrected chi connectivity index (χ4v) is 4.59. The molecule has 0 radical (unpaired) electrons. The number of hydrogen-bond acceptors (Lipinski definition) is 5. The van der Waals surface area contributed by atoms with E-state index in [2.05, 4.69) is 24.2 Å². The number of nitrogens with one attached hydrogen (secondary N) is 1. The molecule has 1 fully saturated rings. The number of ether oxygens (including phenoxy) is 1. The van der Waals surface area contributed by atoms with Crippen LogP contribution >= 0.6 is 11.3 Å². The van der Waals surface area contributed by atoms with E-state index in [1.54, 1.807) is 0 Å². The molecular formula is C15H25N3OS. The van der Waals surface area contributed by atoms with E-state index in [4.69, 9.17) is 9.72 Å². The Labute approximate surface area is 125 Å². The van der Waals surface area contributed by atoms with Crippen LogP contribution in [0.1, 0.15) is 49.2 Å². The van der Waals surface area contributed by atoms with Gasteiger partial charge >= 0.3 is 0 Å². The zero-order chi connectivity index (χ0) is 13.9. The highest BCUT2D eigenvalue weighted by Gasteiger charge is 2.27. The normalized spacial score (nSPS) is 26.6. The average Bonchev–Trinajstić information content (AvgIpc) is 2.92. The summed E-state index contributed by atoms with van der Waals surface area (Å²) in [5, 5.41) is 4.64. The van der Waals surface area contributed by atoms with E-state index in [0.717, 1.165) is 26.1 Å². The summed E-state index contributed by atoms with van der Waals surface area (Å²) in [6.07, 6.45) is 6.43. The summed E-state index contributed by atoms with van der Waals surface area (Å²) in [5.41, 5.74) is 1.33. The molecule has 1 N–H and O–H groups in total. The van der Waals surface area contributed by atoms with Crippen molar-refractivity contribution in [2.45, 2.75) is 51.2 Å². The summed E-state index contributed by atoms with van der Waals surface area (Å²) in [6, 6.07) is 0.512. The van der Waals surface area contributed by atoms with E-state index >= 15 is 0 Å². The van der Waals surface area contributed by atoms with Crippen molar-refractivity contribution >= 4 is 16.5 Å². The number of thiazole rings is 1. The Morgan fingerprint density at radius 3 is 3.10 bits per heavy atom. The lowest BCUT2D eigenvalue weighted by molar-refractivity contribution is 0.0526. The monoisotopic (exact) mass is 295 g/mol. The first kappa shape index (κ1) is 14.3. The lowest BCUT2D eigenvalue weighted by Gasteiger charge is -2.32. The van der Waals surface area contributed by atoms with E-state index in [1.165, 1.54) is 41.4 Å². The maximum absolute atomic E-state index is 5.80. The topological polar surface area (TPSA) is 37.4 Å². The van der Waals surface area contributed by atoms with E-state index in [-0.39, 0.29) is 0 Å². The zero-order valence-corrected chi connectivity index (χ0v) is 13.3. The minimum Gasteiger partial charge on any atom is -0.377 e. The fraction of sp³-hybridized carbons (Fsp3) is 0.800. The third-order valence-corrected chi connectivity index (χ3v) is 5.61. The van der Waals surface area contributed by atoms with Crippen LogP contribution in [0.25, 0.3) is 0 Å². The number of aryl methyl sites for hydroxylation is 1. The molecule has 112 valence electrons. The van der Waals surface area contributed by atoms with E-state index in [0.29, 0.717) is 12.1 Å². The molecule has 0 bridgehead atoms. The van der Waals surface area contributed by atoms with Gasteiger partial charge in [-0.2, -0.15) is 0 Å². The number of piperidine rings is 1. The third kappa shape index (κ3) is 2.85. The molecule has 0 saturated carbocycles. The van der Waals surface area contributed by atoms with E-state index in [9.17, 15) is 0 Å². The summed E-state index contributed by atoms with van der Waals surface area (Å²) < 4.78 is 5.80. The lowest BCUT2D eigenvalue weighted by Crippen LogP contribution is -2.39. The van der Waals surface area contributed by atoms with Gasteiger partial charge in [0.25, 0.3) is 0 Å². The first-order chi connectivity index (χ1) is 9.81. The number of anilines is 1. The van der Waals surface area contributed by atoms with Gasteiger partial charge in [-0.1, -0.05) is 11.3 Å².